The van der Waals surface area contributed by atoms with E-state index in [1.807, 2.05) is 0 Å². The normalized spacial score (nSPS) is 11.9. The molecule has 5 rings (SSSR count). The van der Waals surface area contributed by atoms with Gasteiger partial charge in [-0.15, -0.1) is 0 Å². The lowest BCUT2D eigenvalue weighted by Gasteiger charge is -2.07. The lowest BCUT2D eigenvalue weighted by Crippen LogP contribution is -1.85. The van der Waals surface area contributed by atoms with Gasteiger partial charge in [0.15, 0.2) is 0 Å². The molecule has 0 heterocycles. The Labute approximate surface area is 161 Å². The average molecular weight is 346 g/mol. The summed E-state index contributed by atoms with van der Waals surface area (Å²) in [5.41, 5.74) is 13.5. The number of aryl methyl sites for hydroxylation is 2. The fourth-order valence-corrected chi connectivity index (χ4v) is 4.22. The predicted octanol–water partition coefficient (Wildman–Crippen LogP) is 7.21. The Bertz CT molecular complexity index is 1070. The zero-order valence-corrected chi connectivity index (χ0v) is 15.8. The highest BCUT2D eigenvalue weighted by molar-refractivity contribution is 5.82. The molecule has 1 aliphatic carbocycles. The third kappa shape index (κ3) is 2.88. The number of hydrogen-bond acceptors (Lipinski definition) is 0. The van der Waals surface area contributed by atoms with Gasteiger partial charge in [-0.05, 0) is 64.8 Å². The van der Waals surface area contributed by atoms with Gasteiger partial charge in [0, 0.05) is 0 Å². The van der Waals surface area contributed by atoms with Crippen molar-refractivity contribution in [1.29, 1.82) is 0 Å². The van der Waals surface area contributed by atoms with Gasteiger partial charge < -0.3 is 0 Å². The molecule has 0 spiro atoms. The van der Waals surface area contributed by atoms with Gasteiger partial charge in [0.25, 0.3) is 0 Å². The molecule has 0 heteroatoms. The predicted molar refractivity (Wildman–Crippen MR) is 115 cm³/mol. The molecule has 0 saturated heterocycles. The minimum atomic E-state index is 1.02. The Kier molecular flexibility index (Phi) is 3.72. The summed E-state index contributed by atoms with van der Waals surface area (Å²) in [6.07, 6.45) is 1.02. The number of rotatable bonds is 2. The topological polar surface area (TPSA) is 0 Å². The third-order valence-corrected chi connectivity index (χ3v) is 5.58. The first kappa shape index (κ1) is 16.1. The molecule has 0 saturated carbocycles. The highest BCUT2D eigenvalue weighted by Gasteiger charge is 2.19. The quantitative estimate of drug-likeness (QED) is 0.317. The molecule has 0 unspecified atom stereocenters. The first-order valence-electron chi connectivity index (χ1n) is 9.58. The van der Waals surface area contributed by atoms with Crippen LogP contribution in [0.1, 0.15) is 22.3 Å². The zero-order chi connectivity index (χ0) is 18.4. The van der Waals surface area contributed by atoms with Gasteiger partial charge in [-0.25, -0.2) is 0 Å². The van der Waals surface area contributed by atoms with Crippen molar-refractivity contribution in [1.82, 2.24) is 0 Å². The van der Waals surface area contributed by atoms with Crippen LogP contribution in [0.2, 0.25) is 0 Å². The molecule has 0 nitrogen and oxygen atoms in total. The van der Waals surface area contributed by atoms with Crippen LogP contribution in [0.4, 0.5) is 0 Å². The molecule has 130 valence electrons. The number of hydrogen-bond donors (Lipinski definition) is 0. The Hall–Kier alpha value is -3.12. The van der Waals surface area contributed by atoms with Crippen LogP contribution in [0.5, 0.6) is 0 Å². The molecule has 0 aromatic heterocycles. The maximum Gasteiger partial charge on any atom is -0.00130 e. The van der Waals surface area contributed by atoms with E-state index >= 15 is 0 Å². The van der Waals surface area contributed by atoms with E-state index in [2.05, 4.69) is 98.8 Å². The first-order valence-corrected chi connectivity index (χ1v) is 9.58. The van der Waals surface area contributed by atoms with Crippen molar-refractivity contribution < 1.29 is 0 Å². The molecule has 0 atom stereocenters. The van der Waals surface area contributed by atoms with E-state index in [9.17, 15) is 0 Å². The van der Waals surface area contributed by atoms with Crippen LogP contribution in [0.15, 0.2) is 84.9 Å². The van der Waals surface area contributed by atoms with E-state index in [-0.39, 0.29) is 0 Å². The zero-order valence-electron chi connectivity index (χ0n) is 15.8. The molecular formula is C27H22. The lowest BCUT2D eigenvalue weighted by atomic mass is 9.97. The fourth-order valence-electron chi connectivity index (χ4n) is 4.22. The van der Waals surface area contributed by atoms with Gasteiger partial charge in [0.1, 0.15) is 0 Å². The molecule has 0 fully saturated rings. The summed E-state index contributed by atoms with van der Waals surface area (Å²) in [7, 11) is 0. The van der Waals surface area contributed by atoms with E-state index in [4.69, 9.17) is 0 Å². The van der Waals surface area contributed by atoms with Crippen molar-refractivity contribution in [2.24, 2.45) is 0 Å². The van der Waals surface area contributed by atoms with Crippen LogP contribution in [0, 0.1) is 13.8 Å². The second-order valence-electron chi connectivity index (χ2n) is 7.66. The molecule has 4 aromatic rings. The van der Waals surface area contributed by atoms with E-state index in [1.54, 1.807) is 0 Å². The van der Waals surface area contributed by atoms with Crippen molar-refractivity contribution in [2.75, 3.05) is 0 Å². The highest BCUT2D eigenvalue weighted by Crippen LogP contribution is 2.40. The summed E-state index contributed by atoms with van der Waals surface area (Å²) in [6.45, 7) is 4.30. The molecule has 0 amide bonds. The maximum atomic E-state index is 2.37. The lowest BCUT2D eigenvalue weighted by molar-refractivity contribution is 1.26. The van der Waals surface area contributed by atoms with Crippen molar-refractivity contribution in [3.63, 3.8) is 0 Å². The summed E-state index contributed by atoms with van der Waals surface area (Å²) >= 11 is 0. The van der Waals surface area contributed by atoms with Crippen molar-refractivity contribution >= 4 is 0 Å². The molecular weight excluding hydrogens is 324 g/mol. The SMILES string of the molecule is Cc1cccc(-c2ccc3c(c2)Cc2cc(-c4cccc(C)c4)ccc2-3)c1. The van der Waals surface area contributed by atoms with Crippen LogP contribution >= 0.6 is 0 Å². The Morgan fingerprint density at radius 1 is 0.481 bits per heavy atom. The smallest absolute Gasteiger partial charge is 0.00130 e. The van der Waals surface area contributed by atoms with Crippen LogP contribution in [-0.2, 0) is 6.42 Å². The van der Waals surface area contributed by atoms with Gasteiger partial charge in [-0.1, -0.05) is 96.1 Å². The number of fused-ring (bicyclic) bond motifs is 3. The van der Waals surface area contributed by atoms with Crippen LogP contribution in [0.25, 0.3) is 33.4 Å². The molecule has 0 bridgehead atoms. The van der Waals surface area contributed by atoms with Crippen molar-refractivity contribution in [3.05, 3.63) is 107 Å². The van der Waals surface area contributed by atoms with Gasteiger partial charge in [0.05, 0.1) is 0 Å². The molecule has 0 N–H and O–H groups in total. The van der Waals surface area contributed by atoms with Crippen LogP contribution in [0.3, 0.4) is 0 Å². The van der Waals surface area contributed by atoms with E-state index in [0.29, 0.717) is 0 Å². The Morgan fingerprint density at radius 2 is 0.926 bits per heavy atom. The highest BCUT2D eigenvalue weighted by atomic mass is 14.2. The largest absolute Gasteiger partial charge is 0.0614 e. The third-order valence-electron chi connectivity index (χ3n) is 5.58. The van der Waals surface area contributed by atoms with E-state index in [1.165, 1.54) is 55.6 Å². The summed E-state index contributed by atoms with van der Waals surface area (Å²) in [5.74, 6) is 0. The average Bonchev–Trinajstić information content (AvgIpc) is 3.05. The maximum absolute atomic E-state index is 2.37. The van der Waals surface area contributed by atoms with E-state index in [0.717, 1.165) is 6.42 Å². The minimum Gasteiger partial charge on any atom is -0.0614 e. The van der Waals surface area contributed by atoms with Gasteiger partial charge in [0.2, 0.25) is 0 Å². The molecule has 4 aromatic carbocycles. The second kappa shape index (κ2) is 6.25. The second-order valence-corrected chi connectivity index (χ2v) is 7.66. The molecule has 0 aliphatic heterocycles. The van der Waals surface area contributed by atoms with E-state index < -0.39 is 0 Å². The summed E-state index contributed by atoms with van der Waals surface area (Å²) in [5, 5.41) is 0. The fraction of sp³-hybridized carbons (Fsp3) is 0.111. The minimum absolute atomic E-state index is 1.02. The summed E-state index contributed by atoms with van der Waals surface area (Å²) < 4.78 is 0. The van der Waals surface area contributed by atoms with Gasteiger partial charge in [-0.2, -0.15) is 0 Å². The van der Waals surface area contributed by atoms with Crippen molar-refractivity contribution in [3.8, 4) is 33.4 Å². The standard InChI is InChI=1S/C27H22/c1-18-5-3-7-20(13-18)22-9-11-26-24(15-22)17-25-16-23(10-12-27(25)26)21-8-4-6-19(2)14-21/h3-16H,17H2,1-2H3. The molecule has 0 radical (unpaired) electrons. The molecule has 27 heavy (non-hydrogen) atoms. The summed E-state index contributed by atoms with van der Waals surface area (Å²) in [4.78, 5) is 0. The van der Waals surface area contributed by atoms with Crippen LogP contribution < -0.4 is 0 Å². The monoisotopic (exact) mass is 346 g/mol. The van der Waals surface area contributed by atoms with Gasteiger partial charge in [-0.3, -0.25) is 0 Å². The molecule has 1 aliphatic rings. The van der Waals surface area contributed by atoms with Gasteiger partial charge >= 0.3 is 0 Å². The number of benzene rings is 4. The first-order chi connectivity index (χ1) is 13.2. The van der Waals surface area contributed by atoms with Crippen molar-refractivity contribution in [2.45, 2.75) is 20.3 Å². The van der Waals surface area contributed by atoms with Crippen LogP contribution in [-0.4, -0.2) is 0 Å². The Balaban J connectivity index is 1.53. The Morgan fingerprint density at radius 3 is 1.37 bits per heavy atom. The summed E-state index contributed by atoms with van der Waals surface area (Å²) in [6, 6.07) is 31.4.